The lowest BCUT2D eigenvalue weighted by Crippen LogP contribution is -2.30. The summed E-state index contributed by atoms with van der Waals surface area (Å²) in [7, 11) is 1.85. The molecular weight excluding hydrogens is 363 g/mol. The highest BCUT2D eigenvalue weighted by Crippen LogP contribution is 2.16. The molecule has 146 valence electrons. The minimum Gasteiger partial charge on any atom is -0.348 e. The maximum Gasteiger partial charge on any atom is 0.255 e. The first kappa shape index (κ1) is 19.3. The van der Waals surface area contributed by atoms with Crippen LogP contribution in [0.2, 0.25) is 0 Å². The summed E-state index contributed by atoms with van der Waals surface area (Å²) in [6.45, 7) is 3.84. The molecule has 28 heavy (non-hydrogen) atoms. The maximum atomic E-state index is 12.9. The lowest BCUT2D eigenvalue weighted by molar-refractivity contribution is -0.122. The molecule has 2 N–H and O–H groups in total. The van der Waals surface area contributed by atoms with Gasteiger partial charge in [-0.25, -0.2) is 4.39 Å². The quantitative estimate of drug-likeness (QED) is 0.681. The number of aryl methyl sites for hydroxylation is 1. The van der Waals surface area contributed by atoms with Crippen molar-refractivity contribution in [2.45, 2.75) is 26.4 Å². The average molecular weight is 384 g/mol. The smallest absolute Gasteiger partial charge is 0.255 e. The van der Waals surface area contributed by atoms with Crippen LogP contribution < -0.4 is 10.6 Å². The van der Waals surface area contributed by atoms with Gasteiger partial charge in [0.15, 0.2) is 0 Å². The molecule has 2 amide bonds. The summed E-state index contributed by atoms with van der Waals surface area (Å²) in [4.78, 5) is 24.4. The van der Waals surface area contributed by atoms with Crippen LogP contribution in [-0.2, 0) is 18.4 Å². The zero-order chi connectivity index (χ0) is 20.3. The van der Waals surface area contributed by atoms with Crippen molar-refractivity contribution in [2.75, 3.05) is 5.32 Å². The number of halogens is 1. The number of nitrogens with zero attached hydrogens (tertiary/aromatic N) is 4. The number of rotatable bonds is 6. The van der Waals surface area contributed by atoms with Gasteiger partial charge in [0.05, 0.1) is 24.1 Å². The molecular formula is C19H21FN6O2. The summed E-state index contributed by atoms with van der Waals surface area (Å²) in [5.74, 6) is -1.01. The van der Waals surface area contributed by atoms with Gasteiger partial charge in [0, 0.05) is 30.1 Å². The van der Waals surface area contributed by atoms with E-state index >= 15 is 0 Å². The molecule has 1 atom stereocenters. The van der Waals surface area contributed by atoms with E-state index < -0.39 is 5.82 Å². The minimum atomic E-state index is -0.411. The Bertz CT molecular complexity index is 992. The molecule has 0 radical (unpaired) electrons. The molecule has 0 bridgehead atoms. The van der Waals surface area contributed by atoms with Crippen LogP contribution in [0.1, 0.15) is 34.6 Å². The normalized spacial score (nSPS) is 11.9. The molecule has 0 saturated heterocycles. The third-order valence-corrected chi connectivity index (χ3v) is 4.42. The zero-order valence-electron chi connectivity index (χ0n) is 15.8. The molecule has 3 aromatic rings. The second kappa shape index (κ2) is 8.03. The van der Waals surface area contributed by atoms with Crippen LogP contribution in [0, 0.1) is 12.7 Å². The molecule has 2 aromatic heterocycles. The van der Waals surface area contributed by atoms with Gasteiger partial charge in [0.2, 0.25) is 5.91 Å². The average Bonchev–Trinajstić information content (AvgIpc) is 3.22. The van der Waals surface area contributed by atoms with E-state index in [2.05, 4.69) is 20.8 Å². The van der Waals surface area contributed by atoms with Gasteiger partial charge in [0.25, 0.3) is 5.91 Å². The van der Waals surface area contributed by atoms with Gasteiger partial charge in [-0.05, 0) is 38.1 Å². The van der Waals surface area contributed by atoms with Crippen LogP contribution in [0.3, 0.4) is 0 Å². The Morgan fingerprint density at radius 3 is 2.54 bits per heavy atom. The van der Waals surface area contributed by atoms with Crippen LogP contribution in [0.5, 0.6) is 0 Å². The second-order valence-electron chi connectivity index (χ2n) is 6.49. The fourth-order valence-corrected chi connectivity index (χ4v) is 2.77. The summed E-state index contributed by atoms with van der Waals surface area (Å²) in [6, 6.07) is 5.03. The first-order valence-corrected chi connectivity index (χ1v) is 8.70. The molecule has 9 heteroatoms. The van der Waals surface area contributed by atoms with Gasteiger partial charge in [0.1, 0.15) is 12.4 Å². The largest absolute Gasteiger partial charge is 0.348 e. The van der Waals surface area contributed by atoms with Gasteiger partial charge < -0.3 is 10.6 Å². The van der Waals surface area contributed by atoms with Crippen molar-refractivity contribution >= 4 is 17.5 Å². The highest BCUT2D eigenvalue weighted by atomic mass is 19.1. The Balaban J connectivity index is 1.56. The predicted molar refractivity (Wildman–Crippen MR) is 101 cm³/mol. The zero-order valence-corrected chi connectivity index (χ0v) is 15.8. The SMILES string of the molecule is Cc1c([C@H](C)NC(=O)Cn2cc(NC(=O)c3ccc(F)cc3)cn2)cnn1C. The molecule has 8 nitrogen and oxygen atoms in total. The third kappa shape index (κ3) is 4.43. The number of nitrogens with one attached hydrogen (secondary N) is 2. The number of anilines is 1. The van der Waals surface area contributed by atoms with E-state index in [1.807, 2.05) is 20.9 Å². The molecule has 0 aliphatic heterocycles. The first-order valence-electron chi connectivity index (χ1n) is 8.70. The highest BCUT2D eigenvalue weighted by molar-refractivity contribution is 6.04. The van der Waals surface area contributed by atoms with Crippen molar-refractivity contribution in [2.24, 2.45) is 7.05 Å². The van der Waals surface area contributed by atoms with Crippen molar-refractivity contribution in [3.8, 4) is 0 Å². The number of carbonyl (C=O) groups is 2. The monoisotopic (exact) mass is 384 g/mol. The molecule has 0 saturated carbocycles. The summed E-state index contributed by atoms with van der Waals surface area (Å²) >= 11 is 0. The Morgan fingerprint density at radius 2 is 1.89 bits per heavy atom. The summed E-state index contributed by atoms with van der Waals surface area (Å²) in [5, 5.41) is 13.8. The summed E-state index contributed by atoms with van der Waals surface area (Å²) in [6.07, 6.45) is 4.74. The molecule has 1 aromatic carbocycles. The lowest BCUT2D eigenvalue weighted by atomic mass is 10.1. The number of hydrogen-bond acceptors (Lipinski definition) is 4. The summed E-state index contributed by atoms with van der Waals surface area (Å²) < 4.78 is 16.1. The van der Waals surface area contributed by atoms with Crippen molar-refractivity contribution in [1.82, 2.24) is 24.9 Å². The number of aromatic nitrogens is 4. The molecule has 3 rings (SSSR count). The number of benzene rings is 1. The lowest BCUT2D eigenvalue weighted by Gasteiger charge is -2.13. The fraction of sp³-hybridized carbons (Fsp3) is 0.263. The number of hydrogen-bond donors (Lipinski definition) is 2. The molecule has 0 unspecified atom stereocenters. The van der Waals surface area contributed by atoms with Crippen LogP contribution in [0.25, 0.3) is 0 Å². The maximum absolute atomic E-state index is 12.9. The molecule has 0 aliphatic carbocycles. The van der Waals surface area contributed by atoms with Gasteiger partial charge in [-0.2, -0.15) is 10.2 Å². The molecule has 2 heterocycles. The highest BCUT2D eigenvalue weighted by Gasteiger charge is 2.15. The van der Waals surface area contributed by atoms with Gasteiger partial charge in [-0.3, -0.25) is 19.0 Å². The van der Waals surface area contributed by atoms with E-state index in [-0.39, 0.29) is 24.4 Å². The molecule has 0 fully saturated rings. The second-order valence-corrected chi connectivity index (χ2v) is 6.49. The van der Waals surface area contributed by atoms with E-state index in [1.165, 1.54) is 35.1 Å². The van der Waals surface area contributed by atoms with E-state index in [0.29, 0.717) is 11.3 Å². The standard InChI is InChI=1S/C19H21FN6O2/c1-12(17-9-21-25(3)13(17)2)23-18(27)11-26-10-16(8-22-26)24-19(28)14-4-6-15(20)7-5-14/h4-10,12H,11H2,1-3H3,(H,23,27)(H,24,28)/t12-/m0/s1. The van der Waals surface area contributed by atoms with Crippen LogP contribution in [0.15, 0.2) is 42.9 Å². The van der Waals surface area contributed by atoms with Crippen molar-refractivity contribution < 1.29 is 14.0 Å². The topological polar surface area (TPSA) is 93.8 Å². The third-order valence-electron chi connectivity index (χ3n) is 4.42. The van der Waals surface area contributed by atoms with Gasteiger partial charge in [-0.15, -0.1) is 0 Å². The Morgan fingerprint density at radius 1 is 1.18 bits per heavy atom. The molecule has 0 aliphatic rings. The number of amides is 2. The summed E-state index contributed by atoms with van der Waals surface area (Å²) in [5.41, 5.74) is 2.70. The van der Waals surface area contributed by atoms with E-state index in [9.17, 15) is 14.0 Å². The predicted octanol–water partition coefficient (Wildman–Crippen LogP) is 2.19. The van der Waals surface area contributed by atoms with Crippen LogP contribution >= 0.6 is 0 Å². The Kier molecular flexibility index (Phi) is 5.53. The first-order chi connectivity index (χ1) is 13.3. The van der Waals surface area contributed by atoms with Gasteiger partial charge in [-0.1, -0.05) is 0 Å². The van der Waals surface area contributed by atoms with Crippen molar-refractivity contribution in [1.29, 1.82) is 0 Å². The fourth-order valence-electron chi connectivity index (χ4n) is 2.77. The number of carbonyl (C=O) groups excluding carboxylic acids is 2. The van der Waals surface area contributed by atoms with Crippen molar-refractivity contribution in [3.05, 3.63) is 65.5 Å². The van der Waals surface area contributed by atoms with E-state index in [1.54, 1.807) is 17.1 Å². The van der Waals surface area contributed by atoms with E-state index in [0.717, 1.165) is 11.3 Å². The van der Waals surface area contributed by atoms with Crippen molar-refractivity contribution in [3.63, 3.8) is 0 Å². The van der Waals surface area contributed by atoms with Crippen LogP contribution in [0.4, 0.5) is 10.1 Å². The van der Waals surface area contributed by atoms with Crippen LogP contribution in [-0.4, -0.2) is 31.4 Å². The minimum absolute atomic E-state index is 0.00999. The van der Waals surface area contributed by atoms with Gasteiger partial charge >= 0.3 is 0 Å². The Labute approximate surface area is 161 Å². The molecule has 0 spiro atoms. The Hall–Kier alpha value is -3.49. The van der Waals surface area contributed by atoms with E-state index in [4.69, 9.17) is 0 Å².